The number of benzene rings is 3. The highest BCUT2D eigenvalue weighted by Crippen LogP contribution is 2.34. The summed E-state index contributed by atoms with van der Waals surface area (Å²) in [5.41, 5.74) is 2.99. The van der Waals surface area contributed by atoms with Crippen molar-refractivity contribution in [1.29, 1.82) is 0 Å². The van der Waals surface area contributed by atoms with Crippen LogP contribution in [0.15, 0.2) is 88.8 Å². The van der Waals surface area contributed by atoms with Crippen molar-refractivity contribution in [3.05, 3.63) is 100 Å². The Labute approximate surface area is 202 Å². The molecule has 0 aromatic heterocycles. The normalized spacial score (nSPS) is 15.7. The number of aliphatic imine (C=N–C) groups is 1. The summed E-state index contributed by atoms with van der Waals surface area (Å²) in [6, 6.07) is 24.3. The van der Waals surface area contributed by atoms with Gasteiger partial charge in [0.05, 0.1) is 22.8 Å². The van der Waals surface area contributed by atoms with Crippen molar-refractivity contribution in [2.45, 2.75) is 13.5 Å². The molecule has 0 unspecified atom stereocenters. The van der Waals surface area contributed by atoms with E-state index in [-0.39, 0.29) is 11.9 Å². The van der Waals surface area contributed by atoms with Crippen LogP contribution in [0.4, 0.5) is 5.69 Å². The van der Waals surface area contributed by atoms with Crippen LogP contribution < -0.4 is 4.74 Å². The lowest BCUT2D eigenvalue weighted by molar-refractivity contribution is -0.121. The van der Waals surface area contributed by atoms with Gasteiger partial charge in [-0.25, -0.2) is 9.79 Å². The molecule has 1 aliphatic heterocycles. The highest BCUT2D eigenvalue weighted by molar-refractivity contribution is 8.18. The predicted octanol–water partition coefficient (Wildman–Crippen LogP) is 5.68. The fourth-order valence-electron chi connectivity index (χ4n) is 3.26. The number of nitrogens with zero attached hydrogens (tertiary/aromatic N) is 2. The van der Waals surface area contributed by atoms with Gasteiger partial charge >= 0.3 is 5.97 Å². The zero-order valence-electron chi connectivity index (χ0n) is 18.9. The van der Waals surface area contributed by atoms with Gasteiger partial charge in [-0.15, -0.1) is 0 Å². The first-order chi connectivity index (χ1) is 16.5. The van der Waals surface area contributed by atoms with E-state index >= 15 is 0 Å². The zero-order valence-corrected chi connectivity index (χ0v) is 19.7. The number of likely N-dealkylation sites (N-methyl/N-ethyl adjacent to an activating group) is 1. The van der Waals surface area contributed by atoms with Crippen molar-refractivity contribution in [2.75, 3.05) is 13.7 Å². The second-order valence-corrected chi connectivity index (χ2v) is 8.46. The van der Waals surface area contributed by atoms with Gasteiger partial charge in [-0.1, -0.05) is 48.5 Å². The Hall–Kier alpha value is -3.84. The minimum absolute atomic E-state index is 0.134. The molecule has 1 fully saturated rings. The van der Waals surface area contributed by atoms with Crippen molar-refractivity contribution >= 4 is 40.6 Å². The fourth-order valence-corrected chi connectivity index (χ4v) is 4.23. The topological polar surface area (TPSA) is 68.2 Å². The molecule has 34 heavy (non-hydrogen) atoms. The molecule has 0 radical (unpaired) electrons. The summed E-state index contributed by atoms with van der Waals surface area (Å²) >= 11 is 1.30. The maximum atomic E-state index is 12.9. The Kier molecular flexibility index (Phi) is 7.44. The van der Waals surface area contributed by atoms with Gasteiger partial charge in [0.15, 0.2) is 5.17 Å². The van der Waals surface area contributed by atoms with Gasteiger partial charge in [0.1, 0.15) is 12.4 Å². The van der Waals surface area contributed by atoms with Crippen LogP contribution in [0.5, 0.6) is 5.75 Å². The number of carbonyl (C=O) groups excluding carboxylic acids is 2. The summed E-state index contributed by atoms with van der Waals surface area (Å²) in [5, 5.41) is 0.558. The van der Waals surface area contributed by atoms with Crippen LogP contribution in [-0.2, 0) is 16.1 Å². The molecule has 172 valence electrons. The molecule has 4 rings (SSSR count). The highest BCUT2D eigenvalue weighted by Gasteiger charge is 2.30. The monoisotopic (exact) mass is 472 g/mol. The molecule has 0 bridgehead atoms. The van der Waals surface area contributed by atoms with Crippen molar-refractivity contribution in [3.8, 4) is 5.75 Å². The second-order valence-electron chi connectivity index (χ2n) is 7.45. The maximum Gasteiger partial charge on any atom is 0.338 e. The van der Waals surface area contributed by atoms with Gasteiger partial charge in [0.2, 0.25) is 0 Å². The number of ether oxygens (including phenoxy) is 2. The number of thioether (sulfide) groups is 1. The quantitative estimate of drug-likeness (QED) is 0.327. The van der Waals surface area contributed by atoms with Crippen LogP contribution in [0.1, 0.15) is 28.4 Å². The van der Waals surface area contributed by atoms with Crippen molar-refractivity contribution in [1.82, 2.24) is 4.90 Å². The molecule has 3 aromatic carbocycles. The molecule has 6 nitrogen and oxygen atoms in total. The molecule has 1 amide bonds. The smallest absolute Gasteiger partial charge is 0.338 e. The van der Waals surface area contributed by atoms with Gasteiger partial charge in [-0.3, -0.25) is 9.69 Å². The number of hydrogen-bond acceptors (Lipinski definition) is 6. The third-order valence-electron chi connectivity index (χ3n) is 5.05. The molecule has 0 N–H and O–H groups in total. The summed E-state index contributed by atoms with van der Waals surface area (Å²) < 4.78 is 11.0. The largest absolute Gasteiger partial charge is 0.488 e. The van der Waals surface area contributed by atoms with Crippen molar-refractivity contribution < 1.29 is 19.1 Å². The SMILES string of the molecule is CCOC(=O)c1ccc(N=C2S/C(=C\c3ccccc3OCc3ccccc3)C(=O)N2C)cc1. The van der Waals surface area contributed by atoms with Crippen molar-refractivity contribution in [2.24, 2.45) is 4.99 Å². The summed E-state index contributed by atoms with van der Waals surface area (Å²) in [6.45, 7) is 2.53. The molecule has 0 spiro atoms. The summed E-state index contributed by atoms with van der Waals surface area (Å²) in [5.74, 6) is 0.196. The standard InChI is InChI=1S/C27H24N2O4S/c1-3-32-26(31)20-13-15-22(16-14-20)28-27-29(2)25(30)24(34-27)17-21-11-7-8-12-23(21)33-18-19-9-5-4-6-10-19/h4-17H,3,18H2,1-2H3/b24-17-,28-27?. The number of hydrogen-bond donors (Lipinski definition) is 0. The third-order valence-corrected chi connectivity index (χ3v) is 6.11. The van der Waals surface area contributed by atoms with E-state index in [0.717, 1.165) is 11.1 Å². The fraction of sp³-hybridized carbons (Fsp3) is 0.148. The molecule has 7 heteroatoms. The minimum Gasteiger partial charge on any atom is -0.488 e. The van der Waals surface area contributed by atoms with E-state index in [1.807, 2.05) is 60.7 Å². The second kappa shape index (κ2) is 10.9. The molecule has 1 saturated heterocycles. The van der Waals surface area contributed by atoms with Gasteiger partial charge in [0, 0.05) is 12.6 Å². The van der Waals surface area contributed by atoms with E-state index in [4.69, 9.17) is 9.47 Å². The van der Waals surface area contributed by atoms with Crippen LogP contribution in [-0.4, -0.2) is 35.6 Å². The molecule has 0 aliphatic carbocycles. The number of para-hydroxylation sites is 1. The molecular formula is C27H24N2O4S. The summed E-state index contributed by atoms with van der Waals surface area (Å²) in [7, 11) is 1.69. The van der Waals surface area contributed by atoms with Crippen molar-refractivity contribution in [3.63, 3.8) is 0 Å². The highest BCUT2D eigenvalue weighted by atomic mass is 32.2. The molecule has 1 heterocycles. The van der Waals surface area contributed by atoms with E-state index in [1.165, 1.54) is 16.7 Å². The molecular weight excluding hydrogens is 448 g/mol. The minimum atomic E-state index is -0.373. The van der Waals surface area contributed by atoms with Crippen LogP contribution in [0.25, 0.3) is 6.08 Å². The van der Waals surface area contributed by atoms with Gasteiger partial charge < -0.3 is 9.47 Å². The first-order valence-electron chi connectivity index (χ1n) is 10.8. The van der Waals surface area contributed by atoms with Gasteiger partial charge in [0.25, 0.3) is 5.91 Å². The number of esters is 1. The molecule has 1 aliphatic rings. The first kappa shape index (κ1) is 23.3. The number of amides is 1. The Morgan fingerprint density at radius 2 is 1.71 bits per heavy atom. The van der Waals surface area contributed by atoms with Crippen LogP contribution in [0.3, 0.4) is 0 Å². The third kappa shape index (κ3) is 5.55. The Morgan fingerprint density at radius 1 is 1.00 bits per heavy atom. The first-order valence-corrected chi connectivity index (χ1v) is 11.7. The van der Waals surface area contributed by atoms with Gasteiger partial charge in [-0.05, 0) is 60.7 Å². The van der Waals surface area contributed by atoms with Crippen LogP contribution >= 0.6 is 11.8 Å². The van der Waals surface area contributed by atoms with Crippen LogP contribution in [0.2, 0.25) is 0 Å². The molecule has 0 saturated carbocycles. The number of carbonyl (C=O) groups is 2. The van der Waals surface area contributed by atoms with E-state index < -0.39 is 0 Å². The average Bonchev–Trinajstić information content (AvgIpc) is 3.12. The lowest BCUT2D eigenvalue weighted by atomic mass is 10.2. The Bertz CT molecular complexity index is 1240. The lowest BCUT2D eigenvalue weighted by Crippen LogP contribution is -2.23. The summed E-state index contributed by atoms with van der Waals surface area (Å²) in [4.78, 5) is 31.4. The average molecular weight is 473 g/mol. The molecule has 0 atom stereocenters. The Balaban J connectivity index is 1.51. The van der Waals surface area contributed by atoms with E-state index in [2.05, 4.69) is 4.99 Å². The lowest BCUT2D eigenvalue weighted by Gasteiger charge is -2.09. The number of rotatable bonds is 7. The van der Waals surface area contributed by atoms with E-state index in [9.17, 15) is 9.59 Å². The maximum absolute atomic E-state index is 12.9. The predicted molar refractivity (Wildman–Crippen MR) is 135 cm³/mol. The van der Waals surface area contributed by atoms with E-state index in [0.29, 0.717) is 40.3 Å². The summed E-state index contributed by atoms with van der Waals surface area (Å²) in [6.07, 6.45) is 1.83. The van der Waals surface area contributed by atoms with Gasteiger partial charge in [-0.2, -0.15) is 0 Å². The number of amidine groups is 1. The van der Waals surface area contributed by atoms with Crippen LogP contribution in [0, 0.1) is 0 Å². The zero-order chi connectivity index (χ0) is 23.9. The van der Waals surface area contributed by atoms with E-state index in [1.54, 1.807) is 38.2 Å². The Morgan fingerprint density at radius 3 is 2.44 bits per heavy atom. The molecule has 3 aromatic rings.